The number of halogens is 1. The first-order valence-electron chi connectivity index (χ1n) is 11.8. The van der Waals surface area contributed by atoms with Gasteiger partial charge in [0, 0.05) is 44.9 Å². The average Bonchev–Trinajstić information content (AvgIpc) is 2.86. The summed E-state index contributed by atoms with van der Waals surface area (Å²) >= 11 is 0. The Balaban J connectivity index is 1.20. The molecular weight excluding hydrogens is 423 g/mol. The fraction of sp³-hybridized carbons (Fsp3) is 0.500. The van der Waals surface area contributed by atoms with Gasteiger partial charge in [0.2, 0.25) is 0 Å². The number of carbonyl (C=O) groups excluding carboxylic acids is 1. The molecule has 2 aromatic carbocycles. The number of carbonyl (C=O) groups is 1. The van der Waals surface area contributed by atoms with E-state index in [4.69, 9.17) is 14.2 Å². The van der Waals surface area contributed by atoms with Crippen molar-refractivity contribution in [3.05, 3.63) is 59.9 Å². The SMILES string of the molecule is COCCOc1ccc(C(=O)N2CCC(N3CCC(Oc4ccccc4F)CC3)CC2)cc1. The average molecular weight is 457 g/mol. The molecule has 2 aromatic rings. The van der Waals surface area contributed by atoms with E-state index in [1.165, 1.54) is 6.07 Å². The topological polar surface area (TPSA) is 51.2 Å². The van der Waals surface area contributed by atoms with Crippen molar-refractivity contribution in [3.8, 4) is 11.5 Å². The van der Waals surface area contributed by atoms with Crippen LogP contribution in [0.25, 0.3) is 0 Å². The Labute approximate surface area is 195 Å². The second-order valence-corrected chi connectivity index (χ2v) is 8.67. The van der Waals surface area contributed by atoms with Gasteiger partial charge in [0.25, 0.3) is 5.91 Å². The normalized spacial score (nSPS) is 18.3. The fourth-order valence-electron chi connectivity index (χ4n) is 4.63. The van der Waals surface area contributed by atoms with E-state index in [1.54, 1.807) is 25.3 Å². The van der Waals surface area contributed by atoms with Crippen LogP contribution in [0.15, 0.2) is 48.5 Å². The third kappa shape index (κ3) is 6.24. The molecular formula is C26H33FN2O4. The van der Waals surface area contributed by atoms with Crippen LogP contribution in [0.5, 0.6) is 11.5 Å². The summed E-state index contributed by atoms with van der Waals surface area (Å²) in [6, 6.07) is 14.4. The maximum absolute atomic E-state index is 13.8. The molecule has 2 heterocycles. The maximum atomic E-state index is 13.8. The van der Waals surface area contributed by atoms with Crippen molar-refractivity contribution in [3.63, 3.8) is 0 Å². The van der Waals surface area contributed by atoms with Crippen molar-refractivity contribution in [1.29, 1.82) is 0 Å². The lowest BCUT2D eigenvalue weighted by molar-refractivity contribution is 0.0416. The fourth-order valence-corrected chi connectivity index (χ4v) is 4.63. The minimum atomic E-state index is -0.301. The molecule has 33 heavy (non-hydrogen) atoms. The summed E-state index contributed by atoms with van der Waals surface area (Å²) in [5.41, 5.74) is 0.693. The van der Waals surface area contributed by atoms with Gasteiger partial charge in [-0.25, -0.2) is 4.39 Å². The van der Waals surface area contributed by atoms with Crippen molar-refractivity contribution in [1.82, 2.24) is 9.80 Å². The van der Waals surface area contributed by atoms with Crippen molar-refractivity contribution < 1.29 is 23.4 Å². The van der Waals surface area contributed by atoms with Gasteiger partial charge >= 0.3 is 0 Å². The molecule has 0 radical (unpaired) electrons. The van der Waals surface area contributed by atoms with E-state index in [-0.39, 0.29) is 17.8 Å². The van der Waals surface area contributed by atoms with E-state index in [0.29, 0.717) is 30.6 Å². The minimum absolute atomic E-state index is 0.0567. The van der Waals surface area contributed by atoms with Crippen molar-refractivity contribution in [2.24, 2.45) is 0 Å². The molecule has 0 unspecified atom stereocenters. The van der Waals surface area contributed by atoms with Crippen LogP contribution in [0.3, 0.4) is 0 Å². The van der Waals surface area contributed by atoms with Crippen molar-refractivity contribution >= 4 is 5.91 Å². The highest BCUT2D eigenvalue weighted by Gasteiger charge is 2.30. The van der Waals surface area contributed by atoms with E-state index in [0.717, 1.165) is 57.6 Å². The Morgan fingerprint density at radius 2 is 1.64 bits per heavy atom. The van der Waals surface area contributed by atoms with E-state index in [2.05, 4.69) is 4.90 Å². The number of para-hydroxylation sites is 1. The predicted octanol–water partition coefficient (Wildman–Crippen LogP) is 4.00. The summed E-state index contributed by atoms with van der Waals surface area (Å²) in [5, 5.41) is 0. The molecule has 0 saturated carbocycles. The van der Waals surface area contributed by atoms with Gasteiger partial charge in [-0.15, -0.1) is 0 Å². The van der Waals surface area contributed by atoms with Crippen LogP contribution in [0, 0.1) is 5.82 Å². The molecule has 7 heteroatoms. The lowest BCUT2D eigenvalue weighted by Gasteiger charge is -2.41. The Hall–Kier alpha value is -2.64. The van der Waals surface area contributed by atoms with Crippen LogP contribution in [0.4, 0.5) is 4.39 Å². The number of hydrogen-bond donors (Lipinski definition) is 0. The molecule has 1 amide bonds. The monoisotopic (exact) mass is 456 g/mol. The van der Waals surface area contributed by atoms with E-state index < -0.39 is 0 Å². The third-order valence-electron chi connectivity index (χ3n) is 6.53. The number of benzene rings is 2. The lowest BCUT2D eigenvalue weighted by Crippen LogP contribution is -2.50. The van der Waals surface area contributed by atoms with Gasteiger partial charge in [-0.1, -0.05) is 12.1 Å². The lowest BCUT2D eigenvalue weighted by atomic mass is 9.98. The molecule has 2 aliphatic rings. The van der Waals surface area contributed by atoms with Gasteiger partial charge < -0.3 is 19.1 Å². The van der Waals surface area contributed by atoms with Crippen molar-refractivity contribution in [2.75, 3.05) is 46.5 Å². The molecule has 0 bridgehead atoms. The molecule has 0 N–H and O–H groups in total. The third-order valence-corrected chi connectivity index (χ3v) is 6.53. The van der Waals surface area contributed by atoms with Crippen LogP contribution in [0.1, 0.15) is 36.0 Å². The molecule has 178 valence electrons. The first-order valence-corrected chi connectivity index (χ1v) is 11.8. The van der Waals surface area contributed by atoms with Crippen LogP contribution in [-0.4, -0.2) is 74.4 Å². The van der Waals surface area contributed by atoms with Crippen LogP contribution < -0.4 is 9.47 Å². The van der Waals surface area contributed by atoms with E-state index >= 15 is 0 Å². The van der Waals surface area contributed by atoms with Gasteiger partial charge in [0.15, 0.2) is 11.6 Å². The number of amides is 1. The highest BCUT2D eigenvalue weighted by atomic mass is 19.1. The second-order valence-electron chi connectivity index (χ2n) is 8.67. The molecule has 0 spiro atoms. The zero-order valence-electron chi connectivity index (χ0n) is 19.2. The number of likely N-dealkylation sites (tertiary alicyclic amines) is 2. The zero-order chi connectivity index (χ0) is 23.0. The Bertz CT molecular complexity index is 891. The zero-order valence-corrected chi connectivity index (χ0v) is 19.2. The number of nitrogens with zero attached hydrogens (tertiary/aromatic N) is 2. The first kappa shape index (κ1) is 23.5. The number of piperidine rings is 2. The molecule has 6 nitrogen and oxygen atoms in total. The minimum Gasteiger partial charge on any atom is -0.491 e. The van der Waals surface area contributed by atoms with E-state index in [9.17, 15) is 9.18 Å². The number of ether oxygens (including phenoxy) is 3. The summed E-state index contributed by atoms with van der Waals surface area (Å²) in [6.45, 7) is 4.45. The molecule has 2 fully saturated rings. The Kier molecular flexibility index (Phi) is 8.18. The van der Waals surface area contributed by atoms with Crippen LogP contribution >= 0.6 is 0 Å². The molecule has 2 saturated heterocycles. The van der Waals surface area contributed by atoms with Crippen LogP contribution in [-0.2, 0) is 4.74 Å². The van der Waals surface area contributed by atoms with Crippen LogP contribution in [0.2, 0.25) is 0 Å². The molecule has 0 aromatic heterocycles. The van der Waals surface area contributed by atoms with Gasteiger partial charge in [-0.05, 0) is 62.1 Å². The summed E-state index contributed by atoms with van der Waals surface area (Å²) < 4.78 is 30.3. The predicted molar refractivity (Wildman–Crippen MR) is 124 cm³/mol. The Morgan fingerprint density at radius 3 is 2.30 bits per heavy atom. The summed E-state index contributed by atoms with van der Waals surface area (Å²) in [4.78, 5) is 17.4. The second kappa shape index (κ2) is 11.5. The highest BCUT2D eigenvalue weighted by molar-refractivity contribution is 5.94. The molecule has 0 atom stereocenters. The molecule has 0 aliphatic carbocycles. The maximum Gasteiger partial charge on any atom is 0.253 e. The standard InChI is InChI=1S/C26H33FN2O4/c1-31-18-19-32-22-8-6-20(7-9-22)26(30)29-14-10-21(11-15-29)28-16-12-23(13-17-28)33-25-5-3-2-4-24(25)27/h2-9,21,23H,10-19H2,1H3. The van der Waals surface area contributed by atoms with Gasteiger partial charge in [-0.3, -0.25) is 9.69 Å². The quantitative estimate of drug-likeness (QED) is 0.562. The van der Waals surface area contributed by atoms with Crippen molar-refractivity contribution in [2.45, 2.75) is 37.8 Å². The van der Waals surface area contributed by atoms with E-state index in [1.807, 2.05) is 29.2 Å². The van der Waals surface area contributed by atoms with Gasteiger partial charge in [0.05, 0.1) is 6.61 Å². The highest BCUT2D eigenvalue weighted by Crippen LogP contribution is 2.26. The first-order chi connectivity index (χ1) is 16.1. The molecule has 2 aliphatic heterocycles. The summed E-state index contributed by atoms with van der Waals surface area (Å²) in [6.07, 6.45) is 3.80. The van der Waals surface area contributed by atoms with Gasteiger partial charge in [-0.2, -0.15) is 0 Å². The molecule has 4 rings (SSSR count). The Morgan fingerprint density at radius 1 is 0.939 bits per heavy atom. The summed E-state index contributed by atoms with van der Waals surface area (Å²) in [5.74, 6) is 0.862. The largest absolute Gasteiger partial charge is 0.491 e. The number of methoxy groups -OCH3 is 1. The number of hydrogen-bond acceptors (Lipinski definition) is 5. The summed E-state index contributed by atoms with van der Waals surface area (Å²) in [7, 11) is 1.64. The van der Waals surface area contributed by atoms with Gasteiger partial charge in [0.1, 0.15) is 18.5 Å². The number of rotatable bonds is 8. The smallest absolute Gasteiger partial charge is 0.253 e.